The molecule has 1 aliphatic rings. The topological polar surface area (TPSA) is 104 Å². The zero-order valence-electron chi connectivity index (χ0n) is 13.8. The number of carbonyl (C=O) groups is 1. The Bertz CT molecular complexity index is 831. The van der Waals surface area contributed by atoms with Crippen LogP contribution in [-0.2, 0) is 14.6 Å². The summed E-state index contributed by atoms with van der Waals surface area (Å²) < 4.78 is 23.2. The van der Waals surface area contributed by atoms with Gasteiger partial charge in [0, 0.05) is 23.7 Å². The van der Waals surface area contributed by atoms with E-state index in [9.17, 15) is 13.2 Å². The average Bonchev–Trinajstić information content (AvgIpc) is 3.09. The zero-order chi connectivity index (χ0) is 17.2. The Balaban J connectivity index is 0.00000225. The number of hydrogen-bond acceptors (Lipinski definition) is 5. The van der Waals surface area contributed by atoms with E-state index < -0.39 is 20.5 Å². The van der Waals surface area contributed by atoms with Crippen molar-refractivity contribution in [2.24, 2.45) is 0 Å². The van der Waals surface area contributed by atoms with Gasteiger partial charge < -0.3 is 10.6 Å². The average molecular weight is 385 g/mol. The second-order valence-corrected chi connectivity index (χ2v) is 8.35. The SMILES string of the molecule is CS(=O)(=O)C1(C(=O)Nc2cccc(-c3ccn[nH]3)c2)CCNCC1.Cl. The van der Waals surface area contributed by atoms with E-state index in [0.29, 0.717) is 18.8 Å². The molecule has 2 aromatic rings. The van der Waals surface area contributed by atoms with Crippen molar-refractivity contribution >= 4 is 33.8 Å². The second-order valence-electron chi connectivity index (χ2n) is 6.02. The molecule has 2 heterocycles. The summed E-state index contributed by atoms with van der Waals surface area (Å²) in [5, 5.41) is 12.7. The second kappa shape index (κ2) is 7.55. The maximum absolute atomic E-state index is 12.8. The van der Waals surface area contributed by atoms with Crippen molar-refractivity contribution < 1.29 is 13.2 Å². The van der Waals surface area contributed by atoms with Gasteiger partial charge >= 0.3 is 0 Å². The van der Waals surface area contributed by atoms with Crippen LogP contribution in [0.15, 0.2) is 36.5 Å². The zero-order valence-corrected chi connectivity index (χ0v) is 15.4. The van der Waals surface area contributed by atoms with Crippen LogP contribution >= 0.6 is 12.4 Å². The summed E-state index contributed by atoms with van der Waals surface area (Å²) in [6, 6.07) is 9.06. The van der Waals surface area contributed by atoms with Crippen molar-refractivity contribution in [3.8, 4) is 11.3 Å². The molecule has 0 spiro atoms. The summed E-state index contributed by atoms with van der Waals surface area (Å²) in [6.07, 6.45) is 3.34. The lowest BCUT2D eigenvalue weighted by Gasteiger charge is -2.34. The van der Waals surface area contributed by atoms with E-state index in [1.165, 1.54) is 0 Å². The number of anilines is 1. The number of H-pyrrole nitrogens is 1. The van der Waals surface area contributed by atoms with Crippen LogP contribution in [0, 0.1) is 0 Å². The molecule has 1 aromatic carbocycles. The van der Waals surface area contributed by atoms with Gasteiger partial charge in [-0.25, -0.2) is 8.42 Å². The smallest absolute Gasteiger partial charge is 0.245 e. The van der Waals surface area contributed by atoms with Crippen LogP contribution in [0.25, 0.3) is 11.3 Å². The number of carbonyl (C=O) groups excluding carboxylic acids is 1. The molecule has 0 saturated carbocycles. The minimum absolute atomic E-state index is 0. The Morgan fingerprint density at radius 1 is 1.24 bits per heavy atom. The first kappa shape index (κ1) is 19.4. The molecule has 136 valence electrons. The Morgan fingerprint density at radius 2 is 1.96 bits per heavy atom. The predicted octanol–water partition coefficient (Wildman–Crippen LogP) is 1.60. The molecule has 1 aromatic heterocycles. The van der Waals surface area contributed by atoms with Gasteiger partial charge in [-0.2, -0.15) is 5.10 Å². The number of benzene rings is 1. The maximum atomic E-state index is 12.8. The number of rotatable bonds is 4. The molecule has 1 fully saturated rings. The Morgan fingerprint density at radius 3 is 2.56 bits per heavy atom. The van der Waals surface area contributed by atoms with Gasteiger partial charge in [0.05, 0.1) is 5.69 Å². The quantitative estimate of drug-likeness (QED) is 0.742. The van der Waals surface area contributed by atoms with Crippen molar-refractivity contribution in [2.75, 3.05) is 24.7 Å². The fraction of sp³-hybridized carbons (Fsp3) is 0.375. The minimum Gasteiger partial charge on any atom is -0.325 e. The van der Waals surface area contributed by atoms with Crippen LogP contribution < -0.4 is 10.6 Å². The molecule has 1 amide bonds. The number of amides is 1. The van der Waals surface area contributed by atoms with E-state index in [-0.39, 0.29) is 25.2 Å². The molecule has 7 nitrogen and oxygen atoms in total. The van der Waals surface area contributed by atoms with Gasteiger partial charge in [0.2, 0.25) is 5.91 Å². The third-order valence-electron chi connectivity index (χ3n) is 4.47. The highest BCUT2D eigenvalue weighted by atomic mass is 35.5. The van der Waals surface area contributed by atoms with E-state index in [4.69, 9.17) is 0 Å². The van der Waals surface area contributed by atoms with Gasteiger partial charge in [0.15, 0.2) is 14.6 Å². The van der Waals surface area contributed by atoms with Crippen molar-refractivity contribution in [1.82, 2.24) is 15.5 Å². The summed E-state index contributed by atoms with van der Waals surface area (Å²) in [5.74, 6) is -0.465. The van der Waals surface area contributed by atoms with Gasteiger partial charge in [0.1, 0.15) is 0 Å². The van der Waals surface area contributed by atoms with Gasteiger partial charge in [-0.1, -0.05) is 12.1 Å². The molecule has 3 N–H and O–H groups in total. The van der Waals surface area contributed by atoms with Crippen molar-refractivity contribution in [1.29, 1.82) is 0 Å². The largest absolute Gasteiger partial charge is 0.325 e. The lowest BCUT2D eigenvalue weighted by molar-refractivity contribution is -0.119. The van der Waals surface area contributed by atoms with Crippen LogP contribution in [0.4, 0.5) is 5.69 Å². The number of aromatic amines is 1. The number of aromatic nitrogens is 2. The Kier molecular flexibility index (Phi) is 5.87. The monoisotopic (exact) mass is 384 g/mol. The fourth-order valence-corrected chi connectivity index (χ4v) is 4.36. The van der Waals surface area contributed by atoms with E-state index >= 15 is 0 Å². The third kappa shape index (κ3) is 3.86. The van der Waals surface area contributed by atoms with Gasteiger partial charge in [-0.15, -0.1) is 12.4 Å². The minimum atomic E-state index is -3.53. The van der Waals surface area contributed by atoms with Gasteiger partial charge in [-0.3, -0.25) is 9.89 Å². The normalized spacial score (nSPS) is 16.7. The molecule has 25 heavy (non-hydrogen) atoms. The fourth-order valence-electron chi connectivity index (χ4n) is 3.02. The van der Waals surface area contributed by atoms with E-state index in [2.05, 4.69) is 20.8 Å². The van der Waals surface area contributed by atoms with Crippen molar-refractivity contribution in [3.05, 3.63) is 36.5 Å². The standard InChI is InChI=1S/C16H20N4O3S.ClH/c1-24(22,23)16(6-9-17-10-7-16)15(21)19-13-4-2-3-12(11-13)14-5-8-18-20-14;/h2-5,8,11,17H,6-7,9-10H2,1H3,(H,18,20)(H,19,21);1H. The molecule has 0 aliphatic carbocycles. The highest BCUT2D eigenvalue weighted by Gasteiger charge is 2.48. The predicted molar refractivity (Wildman–Crippen MR) is 99.6 cm³/mol. The third-order valence-corrected chi connectivity index (χ3v) is 6.48. The van der Waals surface area contributed by atoms with Crippen molar-refractivity contribution in [3.63, 3.8) is 0 Å². The number of nitrogens with one attached hydrogen (secondary N) is 3. The highest BCUT2D eigenvalue weighted by molar-refractivity contribution is 7.92. The molecule has 0 unspecified atom stereocenters. The van der Waals surface area contributed by atoms with Crippen LogP contribution in [0.5, 0.6) is 0 Å². The summed E-state index contributed by atoms with van der Waals surface area (Å²) in [4.78, 5) is 12.8. The number of sulfone groups is 1. The first-order valence-corrected chi connectivity index (χ1v) is 9.63. The molecule has 0 bridgehead atoms. The first-order valence-electron chi connectivity index (χ1n) is 7.74. The molecule has 0 atom stereocenters. The van der Waals surface area contributed by atoms with E-state index in [0.717, 1.165) is 17.5 Å². The summed E-state index contributed by atoms with van der Waals surface area (Å²) in [7, 11) is -3.53. The summed E-state index contributed by atoms with van der Waals surface area (Å²) >= 11 is 0. The Labute approximate surface area is 152 Å². The van der Waals surface area contributed by atoms with Gasteiger partial charge in [-0.05, 0) is 44.1 Å². The number of nitrogens with zero attached hydrogens (tertiary/aromatic N) is 1. The van der Waals surface area contributed by atoms with Crippen LogP contribution in [-0.4, -0.2) is 48.6 Å². The van der Waals surface area contributed by atoms with Crippen LogP contribution in [0.1, 0.15) is 12.8 Å². The first-order chi connectivity index (χ1) is 11.4. The van der Waals surface area contributed by atoms with Crippen molar-refractivity contribution in [2.45, 2.75) is 17.6 Å². The molecule has 1 aliphatic heterocycles. The Hall–Kier alpha value is -1.90. The molecule has 9 heteroatoms. The number of hydrogen-bond donors (Lipinski definition) is 3. The number of piperidine rings is 1. The van der Waals surface area contributed by atoms with Crippen LogP contribution in [0.3, 0.4) is 0 Å². The van der Waals surface area contributed by atoms with Crippen LogP contribution in [0.2, 0.25) is 0 Å². The lowest BCUT2D eigenvalue weighted by Crippen LogP contribution is -2.55. The maximum Gasteiger partial charge on any atom is 0.245 e. The molecule has 0 radical (unpaired) electrons. The highest BCUT2D eigenvalue weighted by Crippen LogP contribution is 2.30. The van der Waals surface area contributed by atoms with E-state index in [1.54, 1.807) is 24.4 Å². The molecular weight excluding hydrogens is 364 g/mol. The number of halogens is 1. The summed E-state index contributed by atoms with van der Waals surface area (Å²) in [6.45, 7) is 1.02. The van der Waals surface area contributed by atoms with E-state index in [1.807, 2.05) is 12.1 Å². The summed E-state index contributed by atoms with van der Waals surface area (Å²) in [5.41, 5.74) is 2.25. The molecular formula is C16H21ClN4O3S. The lowest BCUT2D eigenvalue weighted by atomic mass is 9.95. The molecule has 1 saturated heterocycles. The van der Waals surface area contributed by atoms with Gasteiger partial charge in [0.25, 0.3) is 0 Å². The molecule has 3 rings (SSSR count).